The fraction of sp³-hybridized carbons (Fsp3) is 0.538. The SMILES string of the molecule is COc1ccc(CC2(CO)COC2)cc1OC. The second-order valence-corrected chi connectivity index (χ2v) is 4.52. The van der Waals surface area contributed by atoms with Crippen LogP contribution in [0.4, 0.5) is 0 Å². The normalized spacial score (nSPS) is 17.4. The van der Waals surface area contributed by atoms with E-state index >= 15 is 0 Å². The third-order valence-electron chi connectivity index (χ3n) is 3.18. The predicted octanol–water partition coefficient (Wildman–Crippen LogP) is 1.26. The van der Waals surface area contributed by atoms with E-state index in [4.69, 9.17) is 14.2 Å². The van der Waals surface area contributed by atoms with Crippen molar-refractivity contribution in [3.8, 4) is 11.5 Å². The fourth-order valence-electron chi connectivity index (χ4n) is 2.06. The van der Waals surface area contributed by atoms with E-state index in [9.17, 15) is 5.11 Å². The first kappa shape index (κ1) is 12.2. The number of hydrogen-bond donors (Lipinski definition) is 1. The molecular formula is C13H18O4. The maximum atomic E-state index is 9.39. The van der Waals surface area contributed by atoms with Gasteiger partial charge in [0.1, 0.15) is 0 Å². The van der Waals surface area contributed by atoms with Crippen molar-refractivity contribution in [2.75, 3.05) is 34.0 Å². The third-order valence-corrected chi connectivity index (χ3v) is 3.18. The Morgan fingerprint density at radius 2 is 1.94 bits per heavy atom. The summed E-state index contributed by atoms with van der Waals surface area (Å²) in [4.78, 5) is 0. The van der Waals surface area contributed by atoms with Gasteiger partial charge in [-0.2, -0.15) is 0 Å². The van der Waals surface area contributed by atoms with Gasteiger partial charge in [-0.05, 0) is 24.1 Å². The molecule has 0 radical (unpaired) electrons. The van der Waals surface area contributed by atoms with Crippen LogP contribution in [0.2, 0.25) is 0 Å². The van der Waals surface area contributed by atoms with Crippen LogP contribution >= 0.6 is 0 Å². The summed E-state index contributed by atoms with van der Waals surface area (Å²) in [5, 5.41) is 9.39. The van der Waals surface area contributed by atoms with E-state index in [-0.39, 0.29) is 12.0 Å². The molecular weight excluding hydrogens is 220 g/mol. The quantitative estimate of drug-likeness (QED) is 0.839. The highest BCUT2D eigenvalue weighted by molar-refractivity contribution is 5.43. The average molecular weight is 238 g/mol. The standard InChI is InChI=1S/C13H18O4/c1-15-11-4-3-10(5-12(11)16-2)6-13(7-14)8-17-9-13/h3-5,14H,6-9H2,1-2H3. The number of methoxy groups -OCH3 is 2. The molecule has 0 saturated carbocycles. The maximum absolute atomic E-state index is 9.39. The lowest BCUT2D eigenvalue weighted by molar-refractivity contribution is -0.136. The van der Waals surface area contributed by atoms with Crippen LogP contribution in [-0.2, 0) is 11.2 Å². The van der Waals surface area contributed by atoms with Crippen molar-refractivity contribution in [3.05, 3.63) is 23.8 Å². The molecule has 0 aliphatic carbocycles. The molecule has 2 rings (SSSR count). The Balaban J connectivity index is 2.16. The molecule has 1 aromatic rings. The fourth-order valence-corrected chi connectivity index (χ4v) is 2.06. The number of rotatable bonds is 5. The van der Waals surface area contributed by atoms with E-state index in [1.807, 2.05) is 18.2 Å². The Labute approximate surface area is 101 Å². The van der Waals surface area contributed by atoms with Crippen molar-refractivity contribution in [3.63, 3.8) is 0 Å². The maximum Gasteiger partial charge on any atom is 0.160 e. The zero-order valence-electron chi connectivity index (χ0n) is 10.2. The molecule has 0 unspecified atom stereocenters. The lowest BCUT2D eigenvalue weighted by Crippen LogP contribution is -2.47. The van der Waals surface area contributed by atoms with E-state index in [1.165, 1.54) is 0 Å². The van der Waals surface area contributed by atoms with Crippen LogP contribution in [0, 0.1) is 5.41 Å². The van der Waals surface area contributed by atoms with Crippen LogP contribution < -0.4 is 9.47 Å². The Hall–Kier alpha value is -1.26. The van der Waals surface area contributed by atoms with E-state index in [0.717, 1.165) is 23.5 Å². The molecule has 1 N–H and O–H groups in total. The number of hydrogen-bond acceptors (Lipinski definition) is 4. The first-order valence-corrected chi connectivity index (χ1v) is 5.62. The van der Waals surface area contributed by atoms with Gasteiger partial charge < -0.3 is 19.3 Å². The largest absolute Gasteiger partial charge is 0.493 e. The second kappa shape index (κ2) is 4.94. The number of aliphatic hydroxyl groups is 1. The third kappa shape index (κ3) is 2.37. The van der Waals surface area contributed by atoms with Gasteiger partial charge in [0.25, 0.3) is 0 Å². The first-order valence-electron chi connectivity index (χ1n) is 5.62. The summed E-state index contributed by atoms with van der Waals surface area (Å²) in [6, 6.07) is 5.84. The predicted molar refractivity (Wildman–Crippen MR) is 63.6 cm³/mol. The molecule has 0 atom stereocenters. The van der Waals surface area contributed by atoms with Crippen molar-refractivity contribution >= 4 is 0 Å². The number of benzene rings is 1. The molecule has 0 spiro atoms. The van der Waals surface area contributed by atoms with Gasteiger partial charge in [0.05, 0.1) is 34.0 Å². The molecule has 1 aromatic carbocycles. The van der Waals surface area contributed by atoms with Gasteiger partial charge in [-0.15, -0.1) is 0 Å². The summed E-state index contributed by atoms with van der Waals surface area (Å²) >= 11 is 0. The van der Waals surface area contributed by atoms with Gasteiger partial charge in [-0.3, -0.25) is 0 Å². The van der Waals surface area contributed by atoms with E-state index in [0.29, 0.717) is 13.2 Å². The molecule has 94 valence electrons. The van der Waals surface area contributed by atoms with Gasteiger partial charge in [-0.25, -0.2) is 0 Å². The van der Waals surface area contributed by atoms with Crippen molar-refractivity contribution in [2.45, 2.75) is 6.42 Å². The highest BCUT2D eigenvalue weighted by Gasteiger charge is 2.38. The molecule has 1 saturated heterocycles. The Morgan fingerprint density at radius 1 is 1.24 bits per heavy atom. The Morgan fingerprint density at radius 3 is 2.41 bits per heavy atom. The zero-order valence-corrected chi connectivity index (χ0v) is 10.2. The minimum atomic E-state index is -0.112. The lowest BCUT2D eigenvalue weighted by atomic mass is 9.80. The van der Waals surface area contributed by atoms with Crippen LogP contribution in [-0.4, -0.2) is 39.1 Å². The van der Waals surface area contributed by atoms with Crippen molar-refractivity contribution < 1.29 is 19.3 Å². The summed E-state index contributed by atoms with van der Waals surface area (Å²) < 4.78 is 15.6. The molecule has 0 aromatic heterocycles. The number of ether oxygens (including phenoxy) is 3. The Bertz CT molecular complexity index is 379. The molecule has 1 heterocycles. The van der Waals surface area contributed by atoms with Crippen LogP contribution in [0.25, 0.3) is 0 Å². The highest BCUT2D eigenvalue weighted by atomic mass is 16.5. The van der Waals surface area contributed by atoms with Crippen molar-refractivity contribution in [2.24, 2.45) is 5.41 Å². The topological polar surface area (TPSA) is 47.9 Å². The Kier molecular flexibility index (Phi) is 3.54. The summed E-state index contributed by atoms with van der Waals surface area (Å²) in [6.45, 7) is 1.40. The van der Waals surface area contributed by atoms with Gasteiger partial charge in [-0.1, -0.05) is 6.07 Å². The van der Waals surface area contributed by atoms with E-state index in [2.05, 4.69) is 0 Å². The number of aliphatic hydroxyl groups excluding tert-OH is 1. The summed E-state index contributed by atoms with van der Waals surface area (Å²) in [7, 11) is 3.24. The monoisotopic (exact) mass is 238 g/mol. The van der Waals surface area contributed by atoms with Crippen molar-refractivity contribution in [1.29, 1.82) is 0 Å². The van der Waals surface area contributed by atoms with Gasteiger partial charge in [0, 0.05) is 5.41 Å². The summed E-state index contributed by atoms with van der Waals surface area (Å²) in [5.74, 6) is 1.44. The van der Waals surface area contributed by atoms with Gasteiger partial charge in [0.2, 0.25) is 0 Å². The summed E-state index contributed by atoms with van der Waals surface area (Å²) in [5.41, 5.74) is 1.01. The molecule has 0 amide bonds. The van der Waals surface area contributed by atoms with Crippen LogP contribution in [0.5, 0.6) is 11.5 Å². The molecule has 1 aliphatic rings. The second-order valence-electron chi connectivity index (χ2n) is 4.52. The minimum absolute atomic E-state index is 0.112. The van der Waals surface area contributed by atoms with Crippen molar-refractivity contribution in [1.82, 2.24) is 0 Å². The van der Waals surface area contributed by atoms with E-state index in [1.54, 1.807) is 14.2 Å². The molecule has 4 nitrogen and oxygen atoms in total. The van der Waals surface area contributed by atoms with Gasteiger partial charge >= 0.3 is 0 Å². The smallest absolute Gasteiger partial charge is 0.160 e. The molecule has 1 aliphatic heterocycles. The summed E-state index contributed by atoms with van der Waals surface area (Å²) in [6.07, 6.45) is 0.795. The average Bonchev–Trinajstić information content (AvgIpc) is 2.33. The molecule has 4 heteroatoms. The van der Waals surface area contributed by atoms with E-state index < -0.39 is 0 Å². The minimum Gasteiger partial charge on any atom is -0.493 e. The zero-order chi connectivity index (χ0) is 12.3. The van der Waals surface area contributed by atoms with Crippen LogP contribution in [0.1, 0.15) is 5.56 Å². The first-order chi connectivity index (χ1) is 8.23. The lowest BCUT2D eigenvalue weighted by Gasteiger charge is -2.40. The van der Waals surface area contributed by atoms with Crippen LogP contribution in [0.15, 0.2) is 18.2 Å². The molecule has 17 heavy (non-hydrogen) atoms. The van der Waals surface area contributed by atoms with Crippen LogP contribution in [0.3, 0.4) is 0 Å². The van der Waals surface area contributed by atoms with Gasteiger partial charge in [0.15, 0.2) is 11.5 Å². The highest BCUT2D eigenvalue weighted by Crippen LogP contribution is 2.34. The molecule has 0 bridgehead atoms. The molecule has 1 fully saturated rings.